The van der Waals surface area contributed by atoms with Gasteiger partial charge in [-0.25, -0.2) is 9.37 Å². The summed E-state index contributed by atoms with van der Waals surface area (Å²) in [6.07, 6.45) is 4.92. The van der Waals surface area contributed by atoms with Gasteiger partial charge in [0, 0.05) is 19.7 Å². The van der Waals surface area contributed by atoms with Gasteiger partial charge in [0.05, 0.1) is 18.3 Å². The van der Waals surface area contributed by atoms with E-state index in [9.17, 15) is 9.18 Å². The van der Waals surface area contributed by atoms with Crippen LogP contribution in [0.4, 0.5) is 4.39 Å². The van der Waals surface area contributed by atoms with E-state index in [0.29, 0.717) is 17.8 Å². The van der Waals surface area contributed by atoms with Gasteiger partial charge in [-0.2, -0.15) is 5.10 Å². The third kappa shape index (κ3) is 4.06. The average Bonchev–Trinajstić information content (AvgIpc) is 3.14. The fraction of sp³-hybridized carbons (Fsp3) is 0.222. The van der Waals surface area contributed by atoms with Crippen LogP contribution in [0.5, 0.6) is 0 Å². The Morgan fingerprint density at radius 1 is 1.28 bits per heavy atom. The van der Waals surface area contributed by atoms with Gasteiger partial charge in [0.1, 0.15) is 18.5 Å². The smallest absolute Gasteiger partial charge is 0.225 e. The van der Waals surface area contributed by atoms with Crippen molar-refractivity contribution in [3.63, 3.8) is 0 Å². The minimum absolute atomic E-state index is 0.0876. The molecule has 0 N–H and O–H groups in total. The molecule has 2 aromatic heterocycles. The third-order valence-corrected chi connectivity index (χ3v) is 3.93. The highest BCUT2D eigenvalue weighted by Crippen LogP contribution is 2.27. The summed E-state index contributed by atoms with van der Waals surface area (Å²) in [6.45, 7) is 0.432. The van der Waals surface area contributed by atoms with Crippen molar-refractivity contribution >= 4 is 5.91 Å². The molecule has 0 saturated heterocycles. The lowest BCUT2D eigenvalue weighted by molar-refractivity contribution is -0.131. The number of pyridine rings is 1. The molecule has 0 bridgehead atoms. The first-order valence-electron chi connectivity index (χ1n) is 7.89. The van der Waals surface area contributed by atoms with Gasteiger partial charge in [-0.1, -0.05) is 18.2 Å². The second-order valence-corrected chi connectivity index (χ2v) is 5.63. The van der Waals surface area contributed by atoms with Crippen molar-refractivity contribution in [2.24, 2.45) is 0 Å². The molecule has 1 amide bonds. The number of halogens is 1. The van der Waals surface area contributed by atoms with Gasteiger partial charge in [0.15, 0.2) is 0 Å². The van der Waals surface area contributed by atoms with Crippen molar-refractivity contribution in [1.82, 2.24) is 24.6 Å². The SMILES string of the molecule is CN(C(=O)CCn1cncn1)C(c1cccc(F)c1)c1ccccn1. The minimum atomic E-state index is -0.458. The van der Waals surface area contributed by atoms with E-state index in [0.717, 1.165) is 0 Å². The minimum Gasteiger partial charge on any atom is -0.333 e. The van der Waals surface area contributed by atoms with Crippen LogP contribution in [-0.4, -0.2) is 37.6 Å². The molecule has 0 aliphatic rings. The molecule has 1 unspecified atom stereocenters. The van der Waals surface area contributed by atoms with E-state index in [1.54, 1.807) is 47.4 Å². The molecule has 1 aromatic carbocycles. The number of aryl methyl sites for hydroxylation is 1. The van der Waals surface area contributed by atoms with Crippen LogP contribution < -0.4 is 0 Å². The number of amides is 1. The summed E-state index contributed by atoms with van der Waals surface area (Å²) in [6, 6.07) is 11.3. The summed E-state index contributed by atoms with van der Waals surface area (Å²) in [7, 11) is 1.70. The van der Waals surface area contributed by atoms with Crippen molar-refractivity contribution in [2.75, 3.05) is 7.05 Å². The van der Waals surface area contributed by atoms with Crippen LogP contribution in [-0.2, 0) is 11.3 Å². The Labute approximate surface area is 145 Å². The van der Waals surface area contributed by atoms with Crippen LogP contribution in [0.3, 0.4) is 0 Å². The normalized spacial score (nSPS) is 11.9. The molecule has 128 valence electrons. The molecule has 3 aromatic rings. The first-order chi connectivity index (χ1) is 12.1. The Kier molecular flexibility index (Phi) is 5.13. The Bertz CT molecular complexity index is 823. The van der Waals surface area contributed by atoms with Crippen molar-refractivity contribution in [3.05, 3.63) is 78.4 Å². The molecular formula is C18H18FN5O. The van der Waals surface area contributed by atoms with Crippen LogP contribution in [0, 0.1) is 5.82 Å². The Balaban J connectivity index is 1.84. The molecule has 1 atom stereocenters. The van der Waals surface area contributed by atoms with E-state index < -0.39 is 6.04 Å². The van der Waals surface area contributed by atoms with Gasteiger partial charge >= 0.3 is 0 Å². The fourth-order valence-corrected chi connectivity index (χ4v) is 2.69. The van der Waals surface area contributed by atoms with Gasteiger partial charge in [-0.15, -0.1) is 0 Å². The number of carbonyl (C=O) groups is 1. The number of nitrogens with zero attached hydrogens (tertiary/aromatic N) is 5. The van der Waals surface area contributed by atoms with E-state index in [4.69, 9.17) is 0 Å². The summed E-state index contributed by atoms with van der Waals surface area (Å²) in [4.78, 5) is 22.5. The van der Waals surface area contributed by atoms with Crippen LogP contribution in [0.15, 0.2) is 61.3 Å². The zero-order chi connectivity index (χ0) is 17.6. The molecule has 6 nitrogen and oxygen atoms in total. The van der Waals surface area contributed by atoms with Crippen molar-refractivity contribution in [3.8, 4) is 0 Å². The molecule has 0 fully saturated rings. The van der Waals surface area contributed by atoms with Crippen LogP contribution in [0.25, 0.3) is 0 Å². The maximum Gasteiger partial charge on any atom is 0.225 e. The first-order valence-corrected chi connectivity index (χ1v) is 7.89. The zero-order valence-electron chi connectivity index (χ0n) is 13.8. The molecule has 0 radical (unpaired) electrons. The summed E-state index contributed by atoms with van der Waals surface area (Å²) < 4.78 is 15.3. The van der Waals surface area contributed by atoms with Crippen molar-refractivity contribution < 1.29 is 9.18 Å². The summed E-state index contributed by atoms with van der Waals surface area (Å²) >= 11 is 0. The monoisotopic (exact) mass is 339 g/mol. The molecular weight excluding hydrogens is 321 g/mol. The summed E-state index contributed by atoms with van der Waals surface area (Å²) in [5.41, 5.74) is 1.36. The molecule has 7 heteroatoms. The Morgan fingerprint density at radius 2 is 2.16 bits per heavy atom. The lowest BCUT2D eigenvalue weighted by Gasteiger charge is -2.28. The molecule has 25 heavy (non-hydrogen) atoms. The second-order valence-electron chi connectivity index (χ2n) is 5.63. The first kappa shape index (κ1) is 16.8. The summed E-state index contributed by atoms with van der Waals surface area (Å²) in [5.74, 6) is -0.433. The molecule has 2 heterocycles. The zero-order valence-corrected chi connectivity index (χ0v) is 13.8. The fourth-order valence-electron chi connectivity index (χ4n) is 2.69. The van der Waals surface area contributed by atoms with Gasteiger partial charge in [0.2, 0.25) is 5.91 Å². The molecule has 0 aliphatic heterocycles. The van der Waals surface area contributed by atoms with E-state index in [-0.39, 0.29) is 18.1 Å². The van der Waals surface area contributed by atoms with Gasteiger partial charge in [-0.05, 0) is 29.8 Å². The highest BCUT2D eigenvalue weighted by molar-refractivity contribution is 5.76. The van der Waals surface area contributed by atoms with Crippen molar-refractivity contribution in [1.29, 1.82) is 0 Å². The highest BCUT2D eigenvalue weighted by Gasteiger charge is 2.24. The molecule has 0 aliphatic carbocycles. The van der Waals surface area contributed by atoms with Gasteiger partial charge in [-0.3, -0.25) is 14.5 Å². The second kappa shape index (κ2) is 7.65. The molecule has 0 spiro atoms. The molecule has 3 rings (SSSR count). The number of hydrogen-bond acceptors (Lipinski definition) is 4. The maximum atomic E-state index is 13.7. The van der Waals surface area contributed by atoms with Crippen molar-refractivity contribution in [2.45, 2.75) is 19.0 Å². The van der Waals surface area contributed by atoms with E-state index >= 15 is 0 Å². The number of carbonyl (C=O) groups excluding carboxylic acids is 1. The lowest BCUT2D eigenvalue weighted by atomic mass is 10.0. The standard InChI is InChI=1S/C18H18FN5O/c1-23(17(25)8-10-24-13-20-12-22-24)18(16-7-2-3-9-21-16)14-5-4-6-15(19)11-14/h2-7,9,11-13,18H,8,10H2,1H3. The topological polar surface area (TPSA) is 63.9 Å². The molecule has 0 saturated carbocycles. The van der Waals surface area contributed by atoms with E-state index in [1.807, 2.05) is 12.1 Å². The van der Waals surface area contributed by atoms with Gasteiger partial charge < -0.3 is 4.90 Å². The summed E-state index contributed by atoms with van der Waals surface area (Å²) in [5, 5.41) is 3.99. The number of benzene rings is 1. The van der Waals surface area contributed by atoms with Crippen LogP contribution in [0.1, 0.15) is 23.7 Å². The predicted octanol–water partition coefficient (Wildman–Crippen LogP) is 2.45. The number of hydrogen-bond donors (Lipinski definition) is 0. The van der Waals surface area contributed by atoms with Gasteiger partial charge in [0.25, 0.3) is 0 Å². The predicted molar refractivity (Wildman–Crippen MR) is 89.9 cm³/mol. The average molecular weight is 339 g/mol. The third-order valence-electron chi connectivity index (χ3n) is 3.93. The van der Waals surface area contributed by atoms with E-state index in [2.05, 4.69) is 15.1 Å². The van der Waals surface area contributed by atoms with Crippen LogP contribution >= 0.6 is 0 Å². The maximum absolute atomic E-state index is 13.7. The quantitative estimate of drug-likeness (QED) is 0.692. The largest absolute Gasteiger partial charge is 0.333 e. The number of aromatic nitrogens is 4. The number of rotatable bonds is 6. The van der Waals surface area contributed by atoms with E-state index in [1.165, 1.54) is 18.5 Å². The Hall–Kier alpha value is -3.09. The van der Waals surface area contributed by atoms with Crippen LogP contribution in [0.2, 0.25) is 0 Å². The highest BCUT2D eigenvalue weighted by atomic mass is 19.1. The Morgan fingerprint density at radius 3 is 2.84 bits per heavy atom. The lowest BCUT2D eigenvalue weighted by Crippen LogP contribution is -2.33.